The molecule has 2 rings (SSSR count). The zero-order chi connectivity index (χ0) is 16.1. The monoisotopic (exact) mass is 304 g/mol. The van der Waals surface area contributed by atoms with Crippen LogP contribution in [0.2, 0.25) is 0 Å². The second kappa shape index (κ2) is 7.11. The molecule has 0 unspecified atom stereocenters. The minimum absolute atomic E-state index is 0.0545. The first kappa shape index (κ1) is 16.1. The molecule has 0 amide bonds. The molecule has 0 aromatic heterocycles. The molecule has 3 nitrogen and oxygen atoms in total. The SMILES string of the molecule is CN(C)/N=C/C=C1\CCC/C(=C\c2ccc(F)c(F)c2)C1=O. The zero-order valence-electron chi connectivity index (χ0n) is 12.6. The van der Waals surface area contributed by atoms with Crippen LogP contribution < -0.4 is 0 Å². The summed E-state index contributed by atoms with van der Waals surface area (Å²) in [6.07, 6.45) is 7.12. The van der Waals surface area contributed by atoms with Gasteiger partial charge in [0, 0.05) is 31.5 Å². The van der Waals surface area contributed by atoms with Crippen molar-refractivity contribution in [2.75, 3.05) is 14.1 Å². The van der Waals surface area contributed by atoms with E-state index < -0.39 is 11.6 Å². The standard InChI is InChI=1S/C17H18F2N2O/c1-21(2)20-9-8-13-4-3-5-14(17(13)22)10-12-6-7-15(18)16(19)11-12/h6-11H,3-5H2,1-2H3/b13-8+,14-10+,20-9+. The van der Waals surface area contributed by atoms with Crippen LogP contribution in [-0.2, 0) is 4.79 Å². The summed E-state index contributed by atoms with van der Waals surface area (Å²) in [6.45, 7) is 0. The van der Waals surface area contributed by atoms with Gasteiger partial charge in [-0.2, -0.15) is 5.10 Å². The molecule has 1 aliphatic rings. The maximum absolute atomic E-state index is 13.2. The summed E-state index contributed by atoms with van der Waals surface area (Å²) < 4.78 is 26.2. The van der Waals surface area contributed by atoms with Gasteiger partial charge in [0.2, 0.25) is 0 Å². The van der Waals surface area contributed by atoms with Crippen molar-refractivity contribution in [2.45, 2.75) is 19.3 Å². The fourth-order valence-corrected chi connectivity index (χ4v) is 2.26. The van der Waals surface area contributed by atoms with Gasteiger partial charge in [0.15, 0.2) is 17.4 Å². The van der Waals surface area contributed by atoms with Crippen molar-refractivity contribution in [3.8, 4) is 0 Å². The van der Waals surface area contributed by atoms with Crippen molar-refractivity contribution in [3.05, 3.63) is 52.6 Å². The Morgan fingerprint density at radius 3 is 2.55 bits per heavy atom. The number of hydrogen-bond acceptors (Lipinski definition) is 3. The number of allylic oxidation sites excluding steroid dienone is 3. The molecular weight excluding hydrogens is 286 g/mol. The number of carbonyl (C=O) groups excluding carboxylic acids is 1. The summed E-state index contributed by atoms with van der Waals surface area (Å²) in [5.41, 5.74) is 1.79. The highest BCUT2D eigenvalue weighted by molar-refractivity contribution is 6.13. The average Bonchev–Trinajstić information content (AvgIpc) is 2.46. The first-order valence-electron chi connectivity index (χ1n) is 7.08. The quantitative estimate of drug-likeness (QED) is 0.486. The highest BCUT2D eigenvalue weighted by atomic mass is 19.2. The van der Waals surface area contributed by atoms with Crippen LogP contribution in [-0.4, -0.2) is 31.1 Å². The highest BCUT2D eigenvalue weighted by Gasteiger charge is 2.20. The summed E-state index contributed by atoms with van der Waals surface area (Å²) in [4.78, 5) is 12.4. The predicted molar refractivity (Wildman–Crippen MR) is 83.5 cm³/mol. The molecule has 1 saturated carbocycles. The zero-order valence-corrected chi connectivity index (χ0v) is 12.6. The number of hydrazone groups is 1. The Balaban J connectivity index is 2.22. The number of benzene rings is 1. The lowest BCUT2D eigenvalue weighted by Gasteiger charge is -2.16. The van der Waals surface area contributed by atoms with Crippen LogP contribution in [0.4, 0.5) is 8.78 Å². The van der Waals surface area contributed by atoms with E-state index in [1.807, 2.05) is 0 Å². The molecule has 116 valence electrons. The van der Waals surface area contributed by atoms with Crippen molar-refractivity contribution in [1.82, 2.24) is 5.01 Å². The van der Waals surface area contributed by atoms with E-state index in [1.54, 1.807) is 37.5 Å². The van der Waals surface area contributed by atoms with Crippen LogP contribution in [0.1, 0.15) is 24.8 Å². The lowest BCUT2D eigenvalue weighted by molar-refractivity contribution is -0.112. The van der Waals surface area contributed by atoms with Crippen LogP contribution in [0.3, 0.4) is 0 Å². The minimum atomic E-state index is -0.911. The highest BCUT2D eigenvalue weighted by Crippen LogP contribution is 2.26. The van der Waals surface area contributed by atoms with Crippen molar-refractivity contribution in [3.63, 3.8) is 0 Å². The molecule has 1 aromatic carbocycles. The van der Waals surface area contributed by atoms with E-state index in [4.69, 9.17) is 0 Å². The van der Waals surface area contributed by atoms with Gasteiger partial charge in [0.1, 0.15) is 0 Å². The first-order valence-corrected chi connectivity index (χ1v) is 7.08. The smallest absolute Gasteiger partial charge is 0.185 e. The fourth-order valence-electron chi connectivity index (χ4n) is 2.26. The molecule has 0 bridgehead atoms. The molecule has 1 aliphatic carbocycles. The number of ketones is 1. The summed E-state index contributed by atoms with van der Waals surface area (Å²) in [6, 6.07) is 3.63. The van der Waals surface area contributed by atoms with Gasteiger partial charge >= 0.3 is 0 Å². The van der Waals surface area contributed by atoms with E-state index in [0.717, 1.165) is 18.6 Å². The van der Waals surface area contributed by atoms with Crippen molar-refractivity contribution in [1.29, 1.82) is 0 Å². The molecule has 0 N–H and O–H groups in total. The Morgan fingerprint density at radius 1 is 1.14 bits per heavy atom. The second-order valence-corrected chi connectivity index (χ2v) is 5.33. The molecule has 1 aromatic rings. The van der Waals surface area contributed by atoms with Gasteiger partial charge in [-0.15, -0.1) is 0 Å². The van der Waals surface area contributed by atoms with E-state index in [2.05, 4.69) is 5.10 Å². The van der Waals surface area contributed by atoms with Gasteiger partial charge in [0.25, 0.3) is 0 Å². The van der Waals surface area contributed by atoms with Crippen LogP contribution in [0.25, 0.3) is 6.08 Å². The van der Waals surface area contributed by atoms with E-state index in [0.29, 0.717) is 29.6 Å². The average molecular weight is 304 g/mol. The normalized spacial score (nSPS) is 19.4. The Hall–Kier alpha value is -2.30. The second-order valence-electron chi connectivity index (χ2n) is 5.33. The van der Waals surface area contributed by atoms with Crippen molar-refractivity contribution in [2.24, 2.45) is 5.10 Å². The molecule has 0 saturated heterocycles. The number of rotatable bonds is 3. The van der Waals surface area contributed by atoms with E-state index in [9.17, 15) is 13.6 Å². The van der Waals surface area contributed by atoms with Gasteiger partial charge in [-0.25, -0.2) is 8.78 Å². The molecule has 0 atom stereocenters. The minimum Gasteiger partial charge on any atom is -0.303 e. The number of nitrogens with zero attached hydrogens (tertiary/aromatic N) is 2. The summed E-state index contributed by atoms with van der Waals surface area (Å²) >= 11 is 0. The van der Waals surface area contributed by atoms with E-state index in [-0.39, 0.29) is 5.78 Å². The van der Waals surface area contributed by atoms with E-state index >= 15 is 0 Å². The molecule has 22 heavy (non-hydrogen) atoms. The molecule has 0 radical (unpaired) electrons. The first-order chi connectivity index (χ1) is 10.5. The molecule has 0 aliphatic heterocycles. The molecule has 0 spiro atoms. The van der Waals surface area contributed by atoms with Crippen LogP contribution in [0.15, 0.2) is 40.5 Å². The van der Waals surface area contributed by atoms with Gasteiger partial charge in [0.05, 0.1) is 0 Å². The Kier molecular flexibility index (Phi) is 5.20. The topological polar surface area (TPSA) is 32.7 Å². The maximum Gasteiger partial charge on any atom is 0.185 e. The Morgan fingerprint density at radius 2 is 1.86 bits per heavy atom. The summed E-state index contributed by atoms with van der Waals surface area (Å²) in [5, 5.41) is 5.69. The van der Waals surface area contributed by atoms with Crippen LogP contribution in [0.5, 0.6) is 0 Å². The largest absolute Gasteiger partial charge is 0.303 e. The van der Waals surface area contributed by atoms with Gasteiger partial charge in [-0.1, -0.05) is 6.07 Å². The number of hydrogen-bond donors (Lipinski definition) is 0. The third kappa shape index (κ3) is 4.10. The maximum atomic E-state index is 13.2. The van der Waals surface area contributed by atoms with E-state index in [1.165, 1.54) is 6.07 Å². The lowest BCUT2D eigenvalue weighted by Crippen LogP contribution is -2.13. The molecule has 5 heteroatoms. The van der Waals surface area contributed by atoms with Crippen LogP contribution in [0, 0.1) is 11.6 Å². The summed E-state index contributed by atoms with van der Waals surface area (Å²) in [5.74, 6) is -1.86. The Bertz CT molecular complexity index is 661. The molecular formula is C17H18F2N2O. The van der Waals surface area contributed by atoms with Crippen LogP contribution >= 0.6 is 0 Å². The Labute approximate surface area is 128 Å². The van der Waals surface area contributed by atoms with Gasteiger partial charge < -0.3 is 5.01 Å². The number of carbonyl (C=O) groups is 1. The van der Waals surface area contributed by atoms with Crippen molar-refractivity contribution < 1.29 is 13.6 Å². The van der Waals surface area contributed by atoms with Gasteiger partial charge in [-0.3, -0.25) is 4.79 Å². The number of Topliss-reactive ketones (excluding diaryl/α,β-unsaturated/α-hetero) is 1. The van der Waals surface area contributed by atoms with Crippen molar-refractivity contribution >= 4 is 18.1 Å². The lowest BCUT2D eigenvalue weighted by atomic mass is 9.87. The van der Waals surface area contributed by atoms with Gasteiger partial charge in [-0.05, 0) is 49.1 Å². The third-order valence-electron chi connectivity index (χ3n) is 3.33. The number of halogens is 2. The summed E-state index contributed by atoms with van der Waals surface area (Å²) in [7, 11) is 3.60. The fraction of sp³-hybridized carbons (Fsp3) is 0.294. The third-order valence-corrected chi connectivity index (χ3v) is 3.33. The predicted octanol–water partition coefficient (Wildman–Crippen LogP) is 3.58. The molecule has 0 heterocycles. The molecule has 1 fully saturated rings.